The molecule has 0 unspecified atom stereocenters. The molecular weight excluding hydrogens is 262 g/mol. The summed E-state index contributed by atoms with van der Waals surface area (Å²) in [5.74, 6) is 3.06. The maximum atomic E-state index is 6.10. The van der Waals surface area contributed by atoms with Gasteiger partial charge in [-0.05, 0) is 44.4 Å². The Morgan fingerprint density at radius 3 is 2.38 bits per heavy atom. The van der Waals surface area contributed by atoms with Crippen molar-refractivity contribution in [2.24, 2.45) is 11.7 Å². The van der Waals surface area contributed by atoms with E-state index in [4.69, 9.17) is 15.2 Å². The van der Waals surface area contributed by atoms with Crippen LogP contribution in [0.3, 0.4) is 0 Å². The van der Waals surface area contributed by atoms with Crippen LogP contribution in [0.2, 0.25) is 0 Å². The van der Waals surface area contributed by atoms with Crippen molar-refractivity contribution in [3.8, 4) is 0 Å². The minimum Gasteiger partial charge on any atom is -0.339 e. The minimum absolute atomic E-state index is 0.0531. The quantitative estimate of drug-likeness (QED) is 0.857. The zero-order valence-corrected chi connectivity index (χ0v) is 13.3. The Morgan fingerprint density at radius 1 is 1.10 bits per heavy atom. The van der Waals surface area contributed by atoms with E-state index in [1.54, 1.807) is 0 Å². The van der Waals surface area contributed by atoms with Gasteiger partial charge in [0.2, 0.25) is 5.89 Å². The van der Waals surface area contributed by atoms with E-state index in [2.05, 4.69) is 12.1 Å². The zero-order valence-electron chi connectivity index (χ0n) is 13.3. The van der Waals surface area contributed by atoms with Crippen molar-refractivity contribution in [2.45, 2.75) is 82.5 Å². The van der Waals surface area contributed by atoms with Gasteiger partial charge in [0.1, 0.15) is 0 Å². The molecule has 0 amide bonds. The van der Waals surface area contributed by atoms with Crippen LogP contribution in [-0.2, 0) is 5.41 Å². The molecule has 2 saturated carbocycles. The van der Waals surface area contributed by atoms with Gasteiger partial charge in [-0.25, -0.2) is 0 Å². The summed E-state index contributed by atoms with van der Waals surface area (Å²) in [6.07, 6.45) is 12.4. The van der Waals surface area contributed by atoms with Crippen molar-refractivity contribution in [1.82, 2.24) is 10.1 Å². The fourth-order valence-electron chi connectivity index (χ4n) is 3.97. The van der Waals surface area contributed by atoms with Gasteiger partial charge in [0.05, 0.1) is 5.41 Å². The summed E-state index contributed by atoms with van der Waals surface area (Å²) >= 11 is 0. The molecular formula is C17H29N3O. The smallest absolute Gasteiger partial charge is 0.234 e. The summed E-state index contributed by atoms with van der Waals surface area (Å²) in [7, 11) is 0. The molecule has 1 aromatic heterocycles. The lowest BCUT2D eigenvalue weighted by atomic mass is 9.70. The lowest BCUT2D eigenvalue weighted by molar-refractivity contribution is 0.191. The molecule has 4 nitrogen and oxygen atoms in total. The molecule has 4 heteroatoms. The predicted octanol–water partition coefficient (Wildman–Crippen LogP) is 3.91. The average molecular weight is 291 g/mol. The van der Waals surface area contributed by atoms with Crippen LogP contribution in [0.1, 0.15) is 88.8 Å². The second kappa shape index (κ2) is 6.47. The van der Waals surface area contributed by atoms with Gasteiger partial charge >= 0.3 is 0 Å². The Hall–Kier alpha value is -0.900. The van der Waals surface area contributed by atoms with E-state index in [9.17, 15) is 0 Å². The molecule has 1 aromatic rings. The molecule has 0 bridgehead atoms. The fourth-order valence-corrected chi connectivity index (χ4v) is 3.97. The molecule has 3 rings (SSSR count). The molecule has 1 heterocycles. The summed E-state index contributed by atoms with van der Waals surface area (Å²) in [5, 5.41) is 4.33. The highest BCUT2D eigenvalue weighted by atomic mass is 16.5. The van der Waals surface area contributed by atoms with Crippen LogP contribution in [0, 0.1) is 5.92 Å². The topological polar surface area (TPSA) is 64.9 Å². The van der Waals surface area contributed by atoms with E-state index < -0.39 is 0 Å². The van der Waals surface area contributed by atoms with Crippen LogP contribution >= 0.6 is 0 Å². The first-order valence-electron chi connectivity index (χ1n) is 8.78. The largest absolute Gasteiger partial charge is 0.339 e. The van der Waals surface area contributed by atoms with Gasteiger partial charge in [-0.1, -0.05) is 37.8 Å². The van der Waals surface area contributed by atoms with Gasteiger partial charge in [0.15, 0.2) is 5.82 Å². The number of aromatic nitrogens is 2. The molecule has 0 aromatic carbocycles. The van der Waals surface area contributed by atoms with Gasteiger partial charge in [-0.2, -0.15) is 4.98 Å². The van der Waals surface area contributed by atoms with Crippen molar-refractivity contribution in [2.75, 3.05) is 6.54 Å². The molecule has 2 aliphatic carbocycles. The van der Waals surface area contributed by atoms with Crippen LogP contribution in [0.4, 0.5) is 0 Å². The van der Waals surface area contributed by atoms with Crippen molar-refractivity contribution < 1.29 is 4.52 Å². The first-order chi connectivity index (χ1) is 10.2. The van der Waals surface area contributed by atoms with Crippen molar-refractivity contribution >= 4 is 0 Å². The van der Waals surface area contributed by atoms with Crippen LogP contribution in [0.15, 0.2) is 4.52 Å². The lowest BCUT2D eigenvalue weighted by Crippen LogP contribution is -2.39. The van der Waals surface area contributed by atoms with Crippen LogP contribution in [0.25, 0.3) is 0 Å². The number of rotatable bonds is 3. The van der Waals surface area contributed by atoms with Crippen molar-refractivity contribution in [3.63, 3.8) is 0 Å². The van der Waals surface area contributed by atoms with Crippen LogP contribution < -0.4 is 5.73 Å². The SMILES string of the molecule is CC1CCC(CN)(c2nc(C3CCCCCC3)no2)CC1. The van der Waals surface area contributed by atoms with Gasteiger partial charge in [0, 0.05) is 12.5 Å². The molecule has 2 N–H and O–H groups in total. The highest BCUT2D eigenvalue weighted by Crippen LogP contribution is 2.41. The summed E-state index contributed by atoms with van der Waals surface area (Å²) in [5.41, 5.74) is 6.05. The summed E-state index contributed by atoms with van der Waals surface area (Å²) in [6.45, 7) is 2.96. The van der Waals surface area contributed by atoms with Crippen LogP contribution in [-0.4, -0.2) is 16.7 Å². The summed E-state index contributed by atoms with van der Waals surface area (Å²) < 4.78 is 5.69. The second-order valence-corrected chi connectivity index (χ2v) is 7.31. The Labute approximate surface area is 127 Å². The third kappa shape index (κ3) is 3.15. The molecule has 0 atom stereocenters. The average Bonchev–Trinajstić information content (AvgIpc) is 2.85. The van der Waals surface area contributed by atoms with Crippen molar-refractivity contribution in [1.29, 1.82) is 0 Å². The normalized spacial score (nSPS) is 32.0. The van der Waals surface area contributed by atoms with E-state index in [0.29, 0.717) is 12.5 Å². The van der Waals surface area contributed by atoms with Gasteiger partial charge in [0.25, 0.3) is 0 Å². The van der Waals surface area contributed by atoms with E-state index in [0.717, 1.165) is 30.5 Å². The van der Waals surface area contributed by atoms with Crippen molar-refractivity contribution in [3.05, 3.63) is 11.7 Å². The monoisotopic (exact) mass is 291 g/mol. The highest BCUT2D eigenvalue weighted by molar-refractivity contribution is 5.10. The van der Waals surface area contributed by atoms with E-state index in [1.807, 2.05) is 0 Å². The molecule has 0 saturated heterocycles. The molecule has 0 radical (unpaired) electrons. The Kier molecular flexibility index (Phi) is 4.63. The van der Waals surface area contributed by atoms with E-state index in [-0.39, 0.29) is 5.41 Å². The Morgan fingerprint density at radius 2 is 1.76 bits per heavy atom. The van der Waals surface area contributed by atoms with E-state index in [1.165, 1.54) is 51.4 Å². The number of nitrogens with two attached hydrogens (primary N) is 1. The van der Waals surface area contributed by atoms with E-state index >= 15 is 0 Å². The third-order valence-electron chi connectivity index (χ3n) is 5.74. The molecule has 118 valence electrons. The zero-order chi connectivity index (χ0) is 14.7. The lowest BCUT2D eigenvalue weighted by Gasteiger charge is -2.35. The molecule has 2 aliphatic rings. The number of nitrogens with zero attached hydrogens (tertiary/aromatic N) is 2. The molecule has 0 spiro atoms. The van der Waals surface area contributed by atoms with Gasteiger partial charge in [-0.15, -0.1) is 0 Å². The Bertz CT molecular complexity index is 441. The predicted molar refractivity (Wildman–Crippen MR) is 83.1 cm³/mol. The number of hydrogen-bond donors (Lipinski definition) is 1. The second-order valence-electron chi connectivity index (χ2n) is 7.31. The molecule has 0 aliphatic heterocycles. The third-order valence-corrected chi connectivity index (χ3v) is 5.74. The van der Waals surface area contributed by atoms with Crippen LogP contribution in [0.5, 0.6) is 0 Å². The van der Waals surface area contributed by atoms with Gasteiger partial charge in [-0.3, -0.25) is 0 Å². The first-order valence-corrected chi connectivity index (χ1v) is 8.78. The van der Waals surface area contributed by atoms with Gasteiger partial charge < -0.3 is 10.3 Å². The summed E-state index contributed by atoms with van der Waals surface area (Å²) in [6, 6.07) is 0. The Balaban J connectivity index is 1.76. The minimum atomic E-state index is -0.0531. The molecule has 2 fully saturated rings. The number of hydrogen-bond acceptors (Lipinski definition) is 4. The first kappa shape index (κ1) is 15.0. The molecule has 21 heavy (non-hydrogen) atoms. The standard InChI is InChI=1S/C17H29N3O/c1-13-8-10-17(12-18,11-9-13)16-19-15(20-21-16)14-6-4-2-3-5-7-14/h13-14H,2-12,18H2,1H3. The maximum absolute atomic E-state index is 6.10. The summed E-state index contributed by atoms with van der Waals surface area (Å²) in [4.78, 5) is 4.81. The maximum Gasteiger partial charge on any atom is 0.234 e. The fraction of sp³-hybridized carbons (Fsp3) is 0.882. The highest BCUT2D eigenvalue weighted by Gasteiger charge is 2.40.